The molecule has 1 N–H and O–H groups in total. The SMILES string of the molecule is CCOC(=O)c1ncc2[nH]c3ccc(C4CCCCCCC4)cc3c2c1C. The maximum Gasteiger partial charge on any atom is 0.357 e. The predicted octanol–water partition coefficient (Wildman–Crippen LogP) is 6.03. The summed E-state index contributed by atoms with van der Waals surface area (Å²) >= 11 is 0. The highest BCUT2D eigenvalue weighted by atomic mass is 16.5. The Morgan fingerprint density at radius 3 is 2.63 bits per heavy atom. The van der Waals surface area contributed by atoms with E-state index >= 15 is 0 Å². The molecule has 0 spiro atoms. The van der Waals surface area contributed by atoms with Crippen molar-refractivity contribution in [2.24, 2.45) is 0 Å². The minimum absolute atomic E-state index is 0.345. The molecule has 27 heavy (non-hydrogen) atoms. The molecule has 1 aromatic carbocycles. The van der Waals surface area contributed by atoms with Crippen LogP contribution in [0.5, 0.6) is 0 Å². The summed E-state index contributed by atoms with van der Waals surface area (Å²) in [5, 5.41) is 2.28. The zero-order chi connectivity index (χ0) is 18.8. The second-order valence-corrected chi connectivity index (χ2v) is 7.71. The lowest BCUT2D eigenvalue weighted by atomic mass is 9.85. The Bertz CT molecular complexity index is 965. The van der Waals surface area contributed by atoms with Crippen molar-refractivity contribution >= 4 is 27.8 Å². The van der Waals surface area contributed by atoms with Gasteiger partial charge in [0.15, 0.2) is 5.69 Å². The van der Waals surface area contributed by atoms with Crippen LogP contribution in [0.15, 0.2) is 24.4 Å². The number of ether oxygens (including phenoxy) is 1. The summed E-state index contributed by atoms with van der Waals surface area (Å²) in [4.78, 5) is 20.1. The van der Waals surface area contributed by atoms with Crippen molar-refractivity contribution in [2.75, 3.05) is 6.61 Å². The minimum atomic E-state index is -0.345. The van der Waals surface area contributed by atoms with Gasteiger partial charge in [0.2, 0.25) is 0 Å². The van der Waals surface area contributed by atoms with Gasteiger partial charge in [0, 0.05) is 16.3 Å². The molecule has 0 saturated heterocycles. The summed E-state index contributed by atoms with van der Waals surface area (Å²) in [5.74, 6) is 0.300. The monoisotopic (exact) mass is 364 g/mol. The number of nitrogens with zero attached hydrogens (tertiary/aromatic N) is 1. The summed E-state index contributed by atoms with van der Waals surface area (Å²) < 4.78 is 5.18. The number of esters is 1. The highest BCUT2D eigenvalue weighted by molar-refractivity contribution is 6.11. The molecule has 0 unspecified atom stereocenters. The van der Waals surface area contributed by atoms with E-state index in [2.05, 4.69) is 28.2 Å². The third kappa shape index (κ3) is 3.45. The number of pyridine rings is 1. The van der Waals surface area contributed by atoms with E-state index in [0.717, 1.165) is 22.0 Å². The Kier molecular flexibility index (Phi) is 5.15. The van der Waals surface area contributed by atoms with Crippen LogP contribution >= 0.6 is 0 Å². The molecular weight excluding hydrogens is 336 g/mol. The highest BCUT2D eigenvalue weighted by Gasteiger charge is 2.19. The number of aryl methyl sites for hydroxylation is 1. The van der Waals surface area contributed by atoms with Gasteiger partial charge in [0.05, 0.1) is 18.3 Å². The van der Waals surface area contributed by atoms with E-state index in [1.165, 1.54) is 55.9 Å². The summed E-state index contributed by atoms with van der Waals surface area (Å²) in [7, 11) is 0. The maximum atomic E-state index is 12.3. The van der Waals surface area contributed by atoms with Crippen molar-refractivity contribution in [3.63, 3.8) is 0 Å². The fraction of sp³-hybridized carbons (Fsp3) is 0.478. The lowest BCUT2D eigenvalue weighted by molar-refractivity contribution is 0.0519. The van der Waals surface area contributed by atoms with E-state index in [1.807, 2.05) is 13.8 Å². The third-order valence-corrected chi connectivity index (χ3v) is 5.95. The quantitative estimate of drug-likeness (QED) is 0.577. The Balaban J connectivity index is 1.80. The van der Waals surface area contributed by atoms with Gasteiger partial charge in [0.1, 0.15) is 0 Å². The van der Waals surface area contributed by atoms with Crippen LogP contribution in [0.1, 0.15) is 79.4 Å². The predicted molar refractivity (Wildman–Crippen MR) is 109 cm³/mol. The molecule has 142 valence electrons. The summed E-state index contributed by atoms with van der Waals surface area (Å²) in [6, 6.07) is 6.80. The molecule has 1 saturated carbocycles. The Morgan fingerprint density at radius 2 is 1.89 bits per heavy atom. The molecule has 3 aromatic rings. The number of benzene rings is 1. The molecule has 0 radical (unpaired) electrons. The summed E-state index contributed by atoms with van der Waals surface area (Å²) in [6.07, 6.45) is 11.1. The number of aromatic nitrogens is 2. The minimum Gasteiger partial charge on any atom is -0.461 e. The van der Waals surface area contributed by atoms with Crippen LogP contribution in [0.3, 0.4) is 0 Å². The Morgan fingerprint density at radius 1 is 1.15 bits per heavy atom. The van der Waals surface area contributed by atoms with Gasteiger partial charge in [-0.25, -0.2) is 9.78 Å². The molecule has 0 bridgehead atoms. The van der Waals surface area contributed by atoms with Crippen molar-refractivity contribution in [1.29, 1.82) is 0 Å². The molecule has 4 heteroatoms. The Labute approximate surface area is 160 Å². The van der Waals surface area contributed by atoms with Crippen LogP contribution < -0.4 is 0 Å². The van der Waals surface area contributed by atoms with Crippen LogP contribution in [-0.2, 0) is 4.74 Å². The first-order valence-electron chi connectivity index (χ1n) is 10.3. The molecule has 0 atom stereocenters. The number of rotatable bonds is 3. The number of hydrogen-bond donors (Lipinski definition) is 1. The molecule has 0 aliphatic heterocycles. The van der Waals surface area contributed by atoms with Crippen molar-refractivity contribution in [1.82, 2.24) is 9.97 Å². The van der Waals surface area contributed by atoms with Gasteiger partial charge in [-0.2, -0.15) is 0 Å². The highest BCUT2D eigenvalue weighted by Crippen LogP contribution is 2.35. The van der Waals surface area contributed by atoms with Crippen LogP contribution in [0.2, 0.25) is 0 Å². The first-order chi connectivity index (χ1) is 13.2. The molecule has 1 aliphatic rings. The maximum absolute atomic E-state index is 12.3. The molecule has 1 fully saturated rings. The van der Waals surface area contributed by atoms with Gasteiger partial charge >= 0.3 is 5.97 Å². The number of nitrogens with one attached hydrogen (secondary N) is 1. The normalized spacial score (nSPS) is 16.4. The second-order valence-electron chi connectivity index (χ2n) is 7.71. The summed E-state index contributed by atoms with van der Waals surface area (Å²) in [6.45, 7) is 4.15. The van der Waals surface area contributed by atoms with Gasteiger partial charge < -0.3 is 9.72 Å². The zero-order valence-electron chi connectivity index (χ0n) is 16.3. The summed E-state index contributed by atoms with van der Waals surface area (Å²) in [5.41, 5.74) is 4.82. The second kappa shape index (κ2) is 7.71. The van der Waals surface area contributed by atoms with Crippen molar-refractivity contribution in [3.05, 3.63) is 41.2 Å². The fourth-order valence-corrected chi connectivity index (χ4v) is 4.52. The lowest BCUT2D eigenvalue weighted by Gasteiger charge is -2.20. The van der Waals surface area contributed by atoms with Crippen molar-refractivity contribution in [3.8, 4) is 0 Å². The molecule has 4 rings (SSSR count). The third-order valence-electron chi connectivity index (χ3n) is 5.95. The standard InChI is InChI=1S/C23H28N2O2/c1-3-27-23(26)22-15(2)21-18-13-17(16-9-7-5-4-6-8-10-16)11-12-19(18)25-20(21)14-24-22/h11-14,16,25H,3-10H2,1-2H3. The van der Waals surface area contributed by atoms with E-state index in [9.17, 15) is 4.79 Å². The van der Waals surface area contributed by atoms with Crippen molar-refractivity contribution in [2.45, 2.75) is 64.7 Å². The average molecular weight is 364 g/mol. The number of carbonyl (C=O) groups excluding carboxylic acids is 1. The molecule has 4 nitrogen and oxygen atoms in total. The van der Waals surface area contributed by atoms with E-state index in [-0.39, 0.29) is 5.97 Å². The van der Waals surface area contributed by atoms with E-state index in [4.69, 9.17) is 4.74 Å². The van der Waals surface area contributed by atoms with Gasteiger partial charge in [-0.05, 0) is 55.9 Å². The van der Waals surface area contributed by atoms with Gasteiger partial charge in [-0.15, -0.1) is 0 Å². The van der Waals surface area contributed by atoms with Crippen LogP contribution in [-0.4, -0.2) is 22.5 Å². The van der Waals surface area contributed by atoms with Crippen molar-refractivity contribution < 1.29 is 9.53 Å². The largest absolute Gasteiger partial charge is 0.461 e. The van der Waals surface area contributed by atoms with Crippen LogP contribution in [0, 0.1) is 6.92 Å². The number of carbonyl (C=O) groups is 1. The van der Waals surface area contributed by atoms with Crippen LogP contribution in [0.25, 0.3) is 21.8 Å². The molecule has 2 heterocycles. The first-order valence-corrected chi connectivity index (χ1v) is 10.3. The van der Waals surface area contributed by atoms with Gasteiger partial charge in [-0.3, -0.25) is 0 Å². The topological polar surface area (TPSA) is 55.0 Å². The fourth-order valence-electron chi connectivity index (χ4n) is 4.52. The van der Waals surface area contributed by atoms with Crippen LogP contribution in [0.4, 0.5) is 0 Å². The average Bonchev–Trinajstić information content (AvgIpc) is 3.00. The molecular formula is C23H28N2O2. The van der Waals surface area contributed by atoms with E-state index < -0.39 is 0 Å². The number of fused-ring (bicyclic) bond motifs is 3. The lowest BCUT2D eigenvalue weighted by Crippen LogP contribution is -2.09. The van der Waals surface area contributed by atoms with E-state index in [0.29, 0.717) is 18.2 Å². The molecule has 0 amide bonds. The number of hydrogen-bond acceptors (Lipinski definition) is 3. The molecule has 1 aliphatic carbocycles. The molecule has 2 aromatic heterocycles. The van der Waals surface area contributed by atoms with Gasteiger partial charge in [-0.1, -0.05) is 38.2 Å². The smallest absolute Gasteiger partial charge is 0.357 e. The van der Waals surface area contributed by atoms with E-state index in [1.54, 1.807) is 6.20 Å². The first kappa shape index (κ1) is 18.0. The van der Waals surface area contributed by atoms with Gasteiger partial charge in [0.25, 0.3) is 0 Å². The Hall–Kier alpha value is -2.36. The zero-order valence-corrected chi connectivity index (χ0v) is 16.3. The number of aromatic amines is 1. The number of H-pyrrole nitrogens is 1.